The van der Waals surface area contributed by atoms with E-state index in [4.69, 9.17) is 10.5 Å². The highest BCUT2D eigenvalue weighted by Crippen LogP contribution is 2.25. The van der Waals surface area contributed by atoms with Crippen LogP contribution in [-0.4, -0.2) is 43.7 Å². The van der Waals surface area contributed by atoms with E-state index in [1.54, 1.807) is 7.11 Å². The number of carbonyl (C=O) groups is 1. The van der Waals surface area contributed by atoms with E-state index in [-0.39, 0.29) is 11.9 Å². The summed E-state index contributed by atoms with van der Waals surface area (Å²) in [6.07, 6.45) is 4.79. The van der Waals surface area contributed by atoms with Gasteiger partial charge in [-0.25, -0.2) is 0 Å². The molecule has 1 heterocycles. The molecule has 0 aromatic heterocycles. The molecule has 1 rings (SSSR count). The third kappa shape index (κ3) is 4.28. The smallest absolute Gasteiger partial charge is 0.222 e. The van der Waals surface area contributed by atoms with Crippen molar-refractivity contribution in [2.24, 2.45) is 11.7 Å². The Morgan fingerprint density at radius 1 is 1.53 bits per heavy atom. The quantitative estimate of drug-likeness (QED) is 0.716. The zero-order valence-electron chi connectivity index (χ0n) is 11.2. The normalized spacial score (nSPS) is 25.0. The molecule has 1 fully saturated rings. The molecule has 1 aliphatic rings. The second-order valence-corrected chi connectivity index (χ2v) is 4.87. The second-order valence-electron chi connectivity index (χ2n) is 4.87. The van der Waals surface area contributed by atoms with Crippen LogP contribution in [0.25, 0.3) is 0 Å². The number of amides is 1. The summed E-state index contributed by atoms with van der Waals surface area (Å²) >= 11 is 0. The number of methoxy groups -OCH3 is 1. The Labute approximate surface area is 104 Å². The Bertz CT molecular complexity index is 233. The van der Waals surface area contributed by atoms with Crippen molar-refractivity contribution in [3.8, 4) is 0 Å². The first kappa shape index (κ1) is 14.5. The monoisotopic (exact) mass is 242 g/mol. The van der Waals surface area contributed by atoms with Gasteiger partial charge in [-0.15, -0.1) is 0 Å². The summed E-state index contributed by atoms with van der Waals surface area (Å²) in [7, 11) is 1.67. The molecule has 100 valence electrons. The van der Waals surface area contributed by atoms with Gasteiger partial charge >= 0.3 is 0 Å². The molecular formula is C13H26N2O2. The molecule has 2 N–H and O–H groups in total. The largest absolute Gasteiger partial charge is 0.385 e. The molecule has 0 aromatic rings. The van der Waals surface area contributed by atoms with Crippen LogP contribution in [0.5, 0.6) is 0 Å². The number of ether oxygens (including phenoxy) is 1. The molecule has 2 atom stereocenters. The SMILES string of the molecule is CCC1CCN(C(=O)CCCOC)C(CN)C1. The van der Waals surface area contributed by atoms with E-state index in [0.717, 1.165) is 31.7 Å². The van der Waals surface area contributed by atoms with Crippen molar-refractivity contribution in [2.45, 2.75) is 45.1 Å². The highest BCUT2D eigenvalue weighted by molar-refractivity contribution is 5.76. The number of hydrogen-bond acceptors (Lipinski definition) is 3. The number of hydrogen-bond donors (Lipinski definition) is 1. The highest BCUT2D eigenvalue weighted by atomic mass is 16.5. The van der Waals surface area contributed by atoms with Gasteiger partial charge in [0, 0.05) is 39.3 Å². The summed E-state index contributed by atoms with van der Waals surface area (Å²) in [5.74, 6) is 0.985. The van der Waals surface area contributed by atoms with Gasteiger partial charge in [0.05, 0.1) is 0 Å². The lowest BCUT2D eigenvalue weighted by atomic mass is 9.88. The van der Waals surface area contributed by atoms with E-state index in [1.807, 2.05) is 4.90 Å². The molecule has 4 heteroatoms. The molecule has 0 spiro atoms. The van der Waals surface area contributed by atoms with E-state index >= 15 is 0 Å². The number of rotatable bonds is 6. The van der Waals surface area contributed by atoms with Crippen molar-refractivity contribution >= 4 is 5.91 Å². The average Bonchev–Trinajstić information content (AvgIpc) is 2.38. The van der Waals surface area contributed by atoms with E-state index in [2.05, 4.69) is 6.92 Å². The van der Waals surface area contributed by atoms with Gasteiger partial charge in [0.25, 0.3) is 0 Å². The molecule has 4 nitrogen and oxygen atoms in total. The summed E-state index contributed by atoms with van der Waals surface area (Å²) < 4.78 is 4.97. The Balaban J connectivity index is 2.43. The number of nitrogens with two attached hydrogens (primary N) is 1. The van der Waals surface area contributed by atoms with Gasteiger partial charge in [0.1, 0.15) is 0 Å². The molecular weight excluding hydrogens is 216 g/mol. The van der Waals surface area contributed by atoms with Crippen LogP contribution in [0.2, 0.25) is 0 Å². The molecule has 1 saturated heterocycles. The Morgan fingerprint density at radius 3 is 2.88 bits per heavy atom. The maximum Gasteiger partial charge on any atom is 0.222 e. The fraction of sp³-hybridized carbons (Fsp3) is 0.923. The minimum Gasteiger partial charge on any atom is -0.385 e. The van der Waals surface area contributed by atoms with Crippen molar-refractivity contribution in [1.82, 2.24) is 4.90 Å². The van der Waals surface area contributed by atoms with Crippen LogP contribution < -0.4 is 5.73 Å². The van der Waals surface area contributed by atoms with Crippen LogP contribution in [0.3, 0.4) is 0 Å². The molecule has 2 unspecified atom stereocenters. The van der Waals surface area contributed by atoms with E-state index in [9.17, 15) is 4.79 Å². The maximum absolute atomic E-state index is 12.1. The number of piperidine rings is 1. The van der Waals surface area contributed by atoms with E-state index < -0.39 is 0 Å². The van der Waals surface area contributed by atoms with Crippen LogP contribution >= 0.6 is 0 Å². The lowest BCUT2D eigenvalue weighted by molar-refractivity contribution is -0.135. The molecule has 1 amide bonds. The zero-order valence-corrected chi connectivity index (χ0v) is 11.2. The number of nitrogens with zero attached hydrogens (tertiary/aromatic N) is 1. The van der Waals surface area contributed by atoms with Crippen molar-refractivity contribution in [3.63, 3.8) is 0 Å². The second kappa shape index (κ2) is 7.67. The van der Waals surface area contributed by atoms with Crippen LogP contribution in [0.1, 0.15) is 39.0 Å². The molecule has 1 aliphatic heterocycles. The third-order valence-corrected chi connectivity index (χ3v) is 3.73. The molecule has 0 aliphatic carbocycles. The molecule has 17 heavy (non-hydrogen) atoms. The fourth-order valence-corrected chi connectivity index (χ4v) is 2.57. The van der Waals surface area contributed by atoms with Gasteiger partial charge in [-0.05, 0) is 25.2 Å². The summed E-state index contributed by atoms with van der Waals surface area (Å²) in [6, 6.07) is 0.253. The van der Waals surface area contributed by atoms with Gasteiger partial charge in [-0.2, -0.15) is 0 Å². The predicted octanol–water partition coefficient (Wildman–Crippen LogP) is 1.39. The maximum atomic E-state index is 12.1. The Hall–Kier alpha value is -0.610. The predicted molar refractivity (Wildman–Crippen MR) is 68.7 cm³/mol. The van der Waals surface area contributed by atoms with Crippen LogP contribution in [0, 0.1) is 5.92 Å². The summed E-state index contributed by atoms with van der Waals surface area (Å²) in [5.41, 5.74) is 5.78. The van der Waals surface area contributed by atoms with E-state index in [1.165, 1.54) is 6.42 Å². The minimum atomic E-state index is 0.243. The first-order valence-electron chi connectivity index (χ1n) is 6.71. The molecule has 0 bridgehead atoms. The van der Waals surface area contributed by atoms with E-state index in [0.29, 0.717) is 19.6 Å². The van der Waals surface area contributed by atoms with Crippen molar-refractivity contribution in [2.75, 3.05) is 26.8 Å². The number of carbonyl (C=O) groups excluding carboxylic acids is 1. The van der Waals surface area contributed by atoms with Gasteiger partial charge in [0.15, 0.2) is 0 Å². The van der Waals surface area contributed by atoms with Crippen molar-refractivity contribution in [3.05, 3.63) is 0 Å². The van der Waals surface area contributed by atoms with Gasteiger partial charge in [-0.3, -0.25) is 4.79 Å². The average molecular weight is 242 g/mol. The molecule has 0 radical (unpaired) electrons. The summed E-state index contributed by atoms with van der Waals surface area (Å²) in [4.78, 5) is 14.0. The molecule has 0 saturated carbocycles. The first-order chi connectivity index (χ1) is 8.22. The van der Waals surface area contributed by atoms with Crippen LogP contribution in [-0.2, 0) is 9.53 Å². The number of likely N-dealkylation sites (tertiary alicyclic amines) is 1. The van der Waals surface area contributed by atoms with Gasteiger partial charge in [-0.1, -0.05) is 13.3 Å². The molecule has 0 aromatic carbocycles. The lowest BCUT2D eigenvalue weighted by Crippen LogP contribution is -2.49. The summed E-state index contributed by atoms with van der Waals surface area (Å²) in [5, 5.41) is 0. The van der Waals surface area contributed by atoms with Crippen LogP contribution in [0.4, 0.5) is 0 Å². The first-order valence-corrected chi connectivity index (χ1v) is 6.71. The topological polar surface area (TPSA) is 55.6 Å². The lowest BCUT2D eigenvalue weighted by Gasteiger charge is -2.39. The minimum absolute atomic E-state index is 0.243. The Morgan fingerprint density at radius 2 is 2.29 bits per heavy atom. The van der Waals surface area contributed by atoms with Crippen molar-refractivity contribution < 1.29 is 9.53 Å². The van der Waals surface area contributed by atoms with Gasteiger partial charge in [0.2, 0.25) is 5.91 Å². The van der Waals surface area contributed by atoms with Crippen LogP contribution in [0.15, 0.2) is 0 Å². The van der Waals surface area contributed by atoms with Gasteiger partial charge < -0.3 is 15.4 Å². The summed E-state index contributed by atoms with van der Waals surface area (Å²) in [6.45, 7) is 4.34. The Kier molecular flexibility index (Phi) is 6.52. The standard InChI is InChI=1S/C13H26N2O2/c1-3-11-6-7-15(12(9-11)10-14)13(16)5-4-8-17-2/h11-12H,3-10,14H2,1-2H3. The highest BCUT2D eigenvalue weighted by Gasteiger charge is 2.29. The fourth-order valence-electron chi connectivity index (χ4n) is 2.57. The third-order valence-electron chi connectivity index (χ3n) is 3.73. The van der Waals surface area contributed by atoms with Crippen molar-refractivity contribution in [1.29, 1.82) is 0 Å². The zero-order chi connectivity index (χ0) is 12.7.